The average molecular weight is 400 g/mol. The van der Waals surface area contributed by atoms with E-state index >= 15 is 0 Å². The van der Waals surface area contributed by atoms with Gasteiger partial charge in [0.05, 0.1) is 17.6 Å². The maximum absolute atomic E-state index is 13.4. The zero-order chi connectivity index (χ0) is 20.5. The third-order valence-corrected chi connectivity index (χ3v) is 5.05. The van der Waals surface area contributed by atoms with Gasteiger partial charge in [0.15, 0.2) is 0 Å². The number of aromatic nitrogens is 3. The zero-order valence-electron chi connectivity index (χ0n) is 16.5. The molecule has 0 unspecified atom stereocenters. The molecule has 1 aliphatic rings. The number of ether oxygens (including phenoxy) is 1. The van der Waals surface area contributed by atoms with E-state index in [1.165, 1.54) is 0 Å². The van der Waals surface area contributed by atoms with Crippen molar-refractivity contribution in [2.24, 2.45) is 0 Å². The minimum atomic E-state index is -0.279. The molecule has 7 nitrogen and oxygen atoms in total. The van der Waals surface area contributed by atoms with E-state index in [9.17, 15) is 4.79 Å². The third-order valence-electron chi connectivity index (χ3n) is 5.05. The van der Waals surface area contributed by atoms with Crippen LogP contribution in [0.25, 0.3) is 22.4 Å². The number of nitrogens with one attached hydrogen (secondary N) is 1. The number of carbonyl (C=O) groups excluding carboxylic acids is 1. The van der Waals surface area contributed by atoms with Crippen molar-refractivity contribution in [3.63, 3.8) is 0 Å². The van der Waals surface area contributed by atoms with Gasteiger partial charge in [-0.25, -0.2) is 9.97 Å². The maximum atomic E-state index is 13.4. The first kappa shape index (κ1) is 18.3. The van der Waals surface area contributed by atoms with Gasteiger partial charge in [0.2, 0.25) is 5.88 Å². The van der Waals surface area contributed by atoms with Crippen LogP contribution in [0, 0.1) is 0 Å². The number of pyridine rings is 2. The number of benzene rings is 1. The van der Waals surface area contributed by atoms with Crippen LogP contribution in [0.3, 0.4) is 0 Å². The van der Waals surface area contributed by atoms with Crippen LogP contribution in [0.4, 0.5) is 5.69 Å². The average Bonchev–Trinajstić information content (AvgIpc) is 3.54. The molecule has 0 bridgehead atoms. The summed E-state index contributed by atoms with van der Waals surface area (Å²) in [6, 6.07) is 15.0. The highest BCUT2D eigenvalue weighted by molar-refractivity contribution is 6.15. The van der Waals surface area contributed by atoms with Gasteiger partial charge in [0.1, 0.15) is 11.4 Å². The van der Waals surface area contributed by atoms with E-state index in [-0.39, 0.29) is 5.91 Å². The number of hydrogen-bond donors (Lipinski definition) is 1. The fourth-order valence-corrected chi connectivity index (χ4v) is 3.46. The molecule has 5 rings (SSSR count). The molecule has 0 radical (unpaired) electrons. The van der Waals surface area contributed by atoms with E-state index in [4.69, 9.17) is 9.26 Å². The lowest BCUT2D eigenvalue weighted by Crippen LogP contribution is -2.14. The smallest absolute Gasteiger partial charge is 0.259 e. The number of hydrogen-bond acceptors (Lipinski definition) is 6. The second kappa shape index (κ2) is 7.59. The Morgan fingerprint density at radius 1 is 1.20 bits per heavy atom. The summed E-state index contributed by atoms with van der Waals surface area (Å²) in [4.78, 5) is 22.2. The lowest BCUT2D eigenvalue weighted by atomic mass is 10.0. The summed E-state index contributed by atoms with van der Waals surface area (Å²) in [6.45, 7) is 2.33. The molecule has 150 valence electrons. The van der Waals surface area contributed by atoms with Crippen LogP contribution in [0.15, 0.2) is 59.3 Å². The fourth-order valence-electron chi connectivity index (χ4n) is 3.46. The highest BCUT2D eigenvalue weighted by atomic mass is 16.5. The van der Waals surface area contributed by atoms with E-state index in [0.29, 0.717) is 46.4 Å². The molecule has 1 saturated carbocycles. The Bertz CT molecular complexity index is 1220. The Morgan fingerprint density at radius 2 is 2.03 bits per heavy atom. The van der Waals surface area contributed by atoms with Gasteiger partial charge >= 0.3 is 0 Å². The first-order chi connectivity index (χ1) is 14.7. The van der Waals surface area contributed by atoms with Crippen molar-refractivity contribution in [1.82, 2.24) is 15.1 Å². The van der Waals surface area contributed by atoms with Gasteiger partial charge in [0, 0.05) is 23.4 Å². The molecule has 3 heterocycles. The van der Waals surface area contributed by atoms with Crippen LogP contribution in [-0.2, 0) is 0 Å². The highest BCUT2D eigenvalue weighted by Crippen LogP contribution is 2.41. The number of nitrogens with zero attached hydrogens (tertiary/aromatic N) is 3. The number of amides is 1. The molecular weight excluding hydrogens is 380 g/mol. The molecule has 1 aliphatic carbocycles. The van der Waals surface area contributed by atoms with Crippen LogP contribution in [-0.4, -0.2) is 27.6 Å². The summed E-state index contributed by atoms with van der Waals surface area (Å²) in [5, 5.41) is 7.77. The molecule has 3 aromatic heterocycles. The SMILES string of the molecule is CCOc1ncccc1NC(=O)c1cc(C2CC2)nc2onc(-c3ccccc3)c12. The first-order valence-corrected chi connectivity index (χ1v) is 9.99. The van der Waals surface area contributed by atoms with Gasteiger partial charge in [-0.3, -0.25) is 4.79 Å². The van der Waals surface area contributed by atoms with Gasteiger partial charge < -0.3 is 14.6 Å². The molecule has 4 aromatic rings. The summed E-state index contributed by atoms with van der Waals surface area (Å²) < 4.78 is 11.1. The van der Waals surface area contributed by atoms with Gasteiger partial charge in [0.25, 0.3) is 11.6 Å². The Balaban J connectivity index is 1.62. The van der Waals surface area contributed by atoms with Crippen LogP contribution in [0.1, 0.15) is 41.7 Å². The fraction of sp³-hybridized carbons (Fsp3) is 0.217. The molecule has 0 saturated heterocycles. The number of fused-ring (bicyclic) bond motifs is 1. The second-order valence-electron chi connectivity index (χ2n) is 7.19. The van der Waals surface area contributed by atoms with Gasteiger partial charge in [-0.2, -0.15) is 0 Å². The van der Waals surface area contributed by atoms with E-state index in [1.807, 2.05) is 43.3 Å². The Labute approximate surface area is 173 Å². The molecule has 1 fully saturated rings. The summed E-state index contributed by atoms with van der Waals surface area (Å²) in [5.41, 5.74) is 3.69. The topological polar surface area (TPSA) is 90.1 Å². The van der Waals surface area contributed by atoms with Crippen LogP contribution < -0.4 is 10.1 Å². The van der Waals surface area contributed by atoms with Crippen LogP contribution in [0.2, 0.25) is 0 Å². The van der Waals surface area contributed by atoms with E-state index in [0.717, 1.165) is 24.1 Å². The highest BCUT2D eigenvalue weighted by Gasteiger charge is 2.29. The van der Waals surface area contributed by atoms with Crippen molar-refractivity contribution in [2.75, 3.05) is 11.9 Å². The predicted octanol–water partition coefficient (Wildman–Crippen LogP) is 4.81. The van der Waals surface area contributed by atoms with E-state index in [2.05, 4.69) is 20.4 Å². The van der Waals surface area contributed by atoms with Gasteiger partial charge in [-0.05, 0) is 38.0 Å². The van der Waals surface area contributed by atoms with Crippen molar-refractivity contribution >= 4 is 22.7 Å². The van der Waals surface area contributed by atoms with Crippen molar-refractivity contribution in [1.29, 1.82) is 0 Å². The summed E-state index contributed by atoms with van der Waals surface area (Å²) in [6.07, 6.45) is 3.76. The summed E-state index contributed by atoms with van der Waals surface area (Å²) in [7, 11) is 0. The Morgan fingerprint density at radius 3 is 2.80 bits per heavy atom. The van der Waals surface area contributed by atoms with Crippen molar-refractivity contribution < 1.29 is 14.1 Å². The van der Waals surface area contributed by atoms with Crippen LogP contribution in [0.5, 0.6) is 5.88 Å². The molecule has 30 heavy (non-hydrogen) atoms. The van der Waals surface area contributed by atoms with Crippen LogP contribution >= 0.6 is 0 Å². The standard InChI is InChI=1S/C23H20N4O3/c1-2-29-22-17(9-6-12-24-22)25-21(28)16-13-18(14-10-11-14)26-23-19(16)20(27-30-23)15-7-4-3-5-8-15/h3-9,12-14H,2,10-11H2,1H3,(H,25,28). The third kappa shape index (κ3) is 3.39. The van der Waals surface area contributed by atoms with Crippen molar-refractivity contribution in [2.45, 2.75) is 25.7 Å². The first-order valence-electron chi connectivity index (χ1n) is 9.99. The monoisotopic (exact) mass is 400 g/mol. The largest absolute Gasteiger partial charge is 0.476 e. The molecule has 7 heteroatoms. The van der Waals surface area contributed by atoms with E-state index in [1.54, 1.807) is 18.3 Å². The quantitative estimate of drug-likeness (QED) is 0.499. The second-order valence-corrected chi connectivity index (χ2v) is 7.19. The van der Waals surface area contributed by atoms with Crippen molar-refractivity contribution in [3.05, 3.63) is 66.0 Å². The lowest BCUT2D eigenvalue weighted by Gasteiger charge is -2.11. The summed E-state index contributed by atoms with van der Waals surface area (Å²) in [5.74, 6) is 0.469. The van der Waals surface area contributed by atoms with E-state index < -0.39 is 0 Å². The minimum absolute atomic E-state index is 0.279. The number of carbonyl (C=O) groups is 1. The predicted molar refractivity (Wildman–Crippen MR) is 113 cm³/mol. The van der Waals surface area contributed by atoms with Crippen molar-refractivity contribution in [3.8, 4) is 17.1 Å². The lowest BCUT2D eigenvalue weighted by molar-refractivity contribution is 0.102. The molecule has 1 amide bonds. The Kier molecular flexibility index (Phi) is 4.63. The molecule has 0 atom stereocenters. The zero-order valence-corrected chi connectivity index (χ0v) is 16.5. The molecule has 1 N–H and O–H groups in total. The minimum Gasteiger partial charge on any atom is -0.476 e. The molecule has 0 aliphatic heterocycles. The number of anilines is 1. The Hall–Kier alpha value is -3.74. The molecule has 1 aromatic carbocycles. The maximum Gasteiger partial charge on any atom is 0.259 e. The van der Waals surface area contributed by atoms with Gasteiger partial charge in [-0.1, -0.05) is 35.5 Å². The molecular formula is C23H20N4O3. The number of rotatable bonds is 6. The van der Waals surface area contributed by atoms with Gasteiger partial charge in [-0.15, -0.1) is 0 Å². The normalized spacial score (nSPS) is 13.4. The summed E-state index contributed by atoms with van der Waals surface area (Å²) >= 11 is 0. The molecule has 0 spiro atoms.